The Labute approximate surface area is 188 Å². The van der Waals surface area contributed by atoms with Crippen molar-refractivity contribution in [1.29, 1.82) is 0 Å². The molecule has 0 atom stereocenters. The van der Waals surface area contributed by atoms with Crippen molar-refractivity contribution in [2.75, 3.05) is 0 Å². The Balaban J connectivity index is 1.85. The lowest BCUT2D eigenvalue weighted by molar-refractivity contribution is 1.20. The van der Waals surface area contributed by atoms with Crippen LogP contribution in [0.25, 0.3) is 33.0 Å². The first-order valence-corrected chi connectivity index (χ1v) is 11.0. The zero-order chi connectivity index (χ0) is 21.2. The first-order valence-electron chi connectivity index (χ1n) is 10.6. The lowest BCUT2D eigenvalue weighted by atomic mass is 9.84. The van der Waals surface area contributed by atoms with Crippen LogP contribution in [0.4, 0.5) is 0 Å². The van der Waals surface area contributed by atoms with E-state index in [-0.39, 0.29) is 0 Å². The molecule has 0 amide bonds. The first kappa shape index (κ1) is 19.6. The average molecular weight is 419 g/mol. The molecule has 0 aliphatic carbocycles. The van der Waals surface area contributed by atoms with Gasteiger partial charge in [0, 0.05) is 5.02 Å². The van der Waals surface area contributed by atoms with Crippen LogP contribution in [0.2, 0.25) is 5.02 Å². The van der Waals surface area contributed by atoms with Gasteiger partial charge in [-0.2, -0.15) is 0 Å². The van der Waals surface area contributed by atoms with Gasteiger partial charge in [-0.1, -0.05) is 114 Å². The van der Waals surface area contributed by atoms with Gasteiger partial charge in [0.05, 0.1) is 0 Å². The highest BCUT2D eigenvalue weighted by Crippen LogP contribution is 2.42. The van der Waals surface area contributed by atoms with Crippen LogP contribution in [0.1, 0.15) is 16.7 Å². The van der Waals surface area contributed by atoms with E-state index in [0.29, 0.717) is 0 Å². The largest absolute Gasteiger partial charge is 0.0843 e. The summed E-state index contributed by atoms with van der Waals surface area (Å²) >= 11 is 6.23. The van der Waals surface area contributed by atoms with Crippen LogP contribution >= 0.6 is 11.6 Å². The maximum absolute atomic E-state index is 6.23. The fourth-order valence-corrected chi connectivity index (χ4v) is 4.45. The molecule has 0 N–H and O–H groups in total. The second-order valence-corrected chi connectivity index (χ2v) is 8.48. The van der Waals surface area contributed by atoms with Crippen molar-refractivity contribution in [3.8, 4) is 22.3 Å². The van der Waals surface area contributed by atoms with Crippen LogP contribution in [-0.4, -0.2) is 0 Å². The van der Waals surface area contributed by atoms with Gasteiger partial charge in [0.1, 0.15) is 0 Å². The topological polar surface area (TPSA) is 0 Å². The number of hydrogen-bond acceptors (Lipinski definition) is 0. The molecule has 0 heterocycles. The molecule has 150 valence electrons. The summed E-state index contributed by atoms with van der Waals surface area (Å²) in [7, 11) is 0. The minimum absolute atomic E-state index is 0.755. The first-order chi connectivity index (χ1) is 15.2. The van der Waals surface area contributed by atoms with Crippen LogP contribution in [-0.2, 0) is 6.42 Å². The highest BCUT2D eigenvalue weighted by molar-refractivity contribution is 6.30. The van der Waals surface area contributed by atoms with E-state index >= 15 is 0 Å². The van der Waals surface area contributed by atoms with Gasteiger partial charge in [-0.25, -0.2) is 0 Å². The number of hydrogen-bond donors (Lipinski definition) is 0. The van der Waals surface area contributed by atoms with E-state index in [4.69, 9.17) is 11.6 Å². The fraction of sp³-hybridized carbons (Fsp3) is 0.0667. The smallest absolute Gasteiger partial charge is 0.0406 e. The molecule has 5 rings (SSSR count). The second kappa shape index (κ2) is 8.41. The standard InChI is InChI=1S/C30H23Cl/c1-21-11-13-23(14-12-21)29-26(19-22-7-3-2-4-8-22)20-25-9-5-6-10-28(25)30(29)24-15-17-27(31)18-16-24/h2-18,20H,19H2,1H3. The lowest BCUT2D eigenvalue weighted by Crippen LogP contribution is -1.97. The van der Waals surface area contributed by atoms with Crippen molar-refractivity contribution < 1.29 is 0 Å². The Morgan fingerprint density at radius 2 is 1.23 bits per heavy atom. The zero-order valence-corrected chi connectivity index (χ0v) is 18.2. The van der Waals surface area contributed by atoms with Gasteiger partial charge in [-0.05, 0) is 69.6 Å². The molecule has 5 aromatic rings. The molecule has 0 aliphatic heterocycles. The van der Waals surface area contributed by atoms with Crippen molar-refractivity contribution in [2.24, 2.45) is 0 Å². The van der Waals surface area contributed by atoms with Crippen molar-refractivity contribution in [2.45, 2.75) is 13.3 Å². The predicted octanol–water partition coefficient (Wildman–Crippen LogP) is 8.73. The van der Waals surface area contributed by atoms with Gasteiger partial charge in [0.15, 0.2) is 0 Å². The Morgan fingerprint density at radius 3 is 1.97 bits per heavy atom. The van der Waals surface area contributed by atoms with Gasteiger partial charge in [-0.3, -0.25) is 0 Å². The molecule has 0 saturated heterocycles. The summed E-state index contributed by atoms with van der Waals surface area (Å²) in [5, 5.41) is 3.27. The molecule has 31 heavy (non-hydrogen) atoms. The molecule has 1 heteroatoms. The molecule has 0 nitrogen and oxygen atoms in total. The van der Waals surface area contributed by atoms with Crippen molar-refractivity contribution >= 4 is 22.4 Å². The maximum Gasteiger partial charge on any atom is 0.0406 e. The minimum atomic E-state index is 0.755. The van der Waals surface area contributed by atoms with Gasteiger partial charge in [0.25, 0.3) is 0 Å². The highest BCUT2D eigenvalue weighted by atomic mass is 35.5. The normalized spacial score (nSPS) is 11.0. The fourth-order valence-electron chi connectivity index (χ4n) is 4.33. The molecule has 0 bridgehead atoms. The van der Waals surface area contributed by atoms with E-state index in [9.17, 15) is 0 Å². The van der Waals surface area contributed by atoms with E-state index in [1.54, 1.807) is 0 Å². The Bertz CT molecular complexity index is 1330. The second-order valence-electron chi connectivity index (χ2n) is 8.04. The number of rotatable bonds is 4. The van der Waals surface area contributed by atoms with E-state index < -0.39 is 0 Å². The molecular formula is C30H23Cl. The Morgan fingerprint density at radius 1 is 0.613 bits per heavy atom. The van der Waals surface area contributed by atoms with Gasteiger partial charge < -0.3 is 0 Å². The summed E-state index contributed by atoms with van der Waals surface area (Å²) in [6.45, 7) is 2.13. The van der Waals surface area contributed by atoms with Gasteiger partial charge in [-0.15, -0.1) is 0 Å². The summed E-state index contributed by atoms with van der Waals surface area (Å²) in [6, 6.07) is 38.8. The number of aryl methyl sites for hydroxylation is 1. The van der Waals surface area contributed by atoms with Crippen molar-refractivity contribution in [3.05, 3.63) is 131 Å². The molecule has 0 fully saturated rings. The molecule has 0 saturated carbocycles. The molecule has 0 spiro atoms. The average Bonchev–Trinajstić information content (AvgIpc) is 2.80. The molecule has 0 aliphatic rings. The number of halogens is 1. The molecule has 5 aromatic carbocycles. The van der Waals surface area contributed by atoms with Crippen LogP contribution in [0.5, 0.6) is 0 Å². The number of fused-ring (bicyclic) bond motifs is 1. The van der Waals surface area contributed by atoms with E-state index in [0.717, 1.165) is 11.4 Å². The highest BCUT2D eigenvalue weighted by Gasteiger charge is 2.17. The monoisotopic (exact) mass is 418 g/mol. The summed E-state index contributed by atoms with van der Waals surface area (Å²) in [5.74, 6) is 0. The Hall–Kier alpha value is -3.35. The molecule has 0 aromatic heterocycles. The summed E-state index contributed by atoms with van der Waals surface area (Å²) in [4.78, 5) is 0. The number of benzene rings is 5. The van der Waals surface area contributed by atoms with Crippen molar-refractivity contribution in [3.63, 3.8) is 0 Å². The van der Waals surface area contributed by atoms with E-state index in [1.807, 2.05) is 12.1 Å². The lowest BCUT2D eigenvalue weighted by Gasteiger charge is -2.20. The molecule has 0 radical (unpaired) electrons. The predicted molar refractivity (Wildman–Crippen MR) is 134 cm³/mol. The Kier molecular flexibility index (Phi) is 5.32. The SMILES string of the molecule is Cc1ccc(-c2c(Cc3ccccc3)cc3ccccc3c2-c2ccc(Cl)cc2)cc1. The van der Waals surface area contributed by atoms with E-state index in [1.165, 1.54) is 49.7 Å². The molecular weight excluding hydrogens is 396 g/mol. The minimum Gasteiger partial charge on any atom is -0.0843 e. The maximum atomic E-state index is 6.23. The van der Waals surface area contributed by atoms with E-state index in [2.05, 4.69) is 104 Å². The summed E-state index contributed by atoms with van der Waals surface area (Å²) < 4.78 is 0. The zero-order valence-electron chi connectivity index (χ0n) is 17.5. The third kappa shape index (κ3) is 4.00. The summed E-state index contributed by atoms with van der Waals surface area (Å²) in [6.07, 6.45) is 0.884. The van der Waals surface area contributed by atoms with Crippen LogP contribution in [0.15, 0.2) is 109 Å². The molecule has 0 unspecified atom stereocenters. The third-order valence-corrected chi connectivity index (χ3v) is 6.09. The van der Waals surface area contributed by atoms with Crippen LogP contribution in [0.3, 0.4) is 0 Å². The van der Waals surface area contributed by atoms with Crippen LogP contribution < -0.4 is 0 Å². The van der Waals surface area contributed by atoms with Gasteiger partial charge >= 0.3 is 0 Å². The summed E-state index contributed by atoms with van der Waals surface area (Å²) in [5.41, 5.74) is 8.90. The quantitative estimate of drug-likeness (QED) is 0.273. The van der Waals surface area contributed by atoms with Gasteiger partial charge in [0.2, 0.25) is 0 Å². The third-order valence-electron chi connectivity index (χ3n) is 5.84. The van der Waals surface area contributed by atoms with Crippen molar-refractivity contribution in [1.82, 2.24) is 0 Å². The van der Waals surface area contributed by atoms with Crippen LogP contribution in [0, 0.1) is 6.92 Å².